The molecule has 1 aromatic rings. The zero-order valence-electron chi connectivity index (χ0n) is 10.7. The molecule has 1 heteroatoms. The minimum atomic E-state index is 0.285. The van der Waals surface area contributed by atoms with Gasteiger partial charge in [-0.1, -0.05) is 51.4 Å². The summed E-state index contributed by atoms with van der Waals surface area (Å²) in [7, 11) is 0. The van der Waals surface area contributed by atoms with Crippen LogP contribution in [0.3, 0.4) is 0 Å². The molecular formula is C15H21Cl. The first-order valence-electron chi connectivity index (χ1n) is 6.28. The highest BCUT2D eigenvalue weighted by atomic mass is 35.5. The fraction of sp³-hybridized carbons (Fsp3) is 0.600. The Balaban J connectivity index is 2.63. The smallest absolute Gasteiger partial charge is 0.0446 e. The lowest BCUT2D eigenvalue weighted by Gasteiger charge is -2.39. The van der Waals surface area contributed by atoms with Crippen molar-refractivity contribution < 1.29 is 0 Å². The van der Waals surface area contributed by atoms with Crippen LogP contribution in [0.5, 0.6) is 0 Å². The molecule has 2 rings (SSSR count). The minimum Gasteiger partial charge on any atom is -0.0840 e. The molecule has 0 saturated heterocycles. The average molecular weight is 237 g/mol. The molecule has 0 heterocycles. The summed E-state index contributed by atoms with van der Waals surface area (Å²) in [5.41, 5.74) is 3.18. The normalized spacial score (nSPS) is 18.2. The minimum absolute atomic E-state index is 0.285. The number of halogens is 1. The highest BCUT2D eigenvalue weighted by Crippen LogP contribution is 2.51. The van der Waals surface area contributed by atoms with Gasteiger partial charge in [0.1, 0.15) is 0 Å². The van der Waals surface area contributed by atoms with Crippen LogP contribution in [0.2, 0.25) is 5.02 Å². The Bertz CT molecular complexity index is 382. The zero-order valence-corrected chi connectivity index (χ0v) is 11.4. The second kappa shape index (κ2) is 4.07. The fourth-order valence-corrected chi connectivity index (χ4v) is 3.96. The summed E-state index contributed by atoms with van der Waals surface area (Å²) in [4.78, 5) is 0. The van der Waals surface area contributed by atoms with E-state index in [-0.39, 0.29) is 5.41 Å². The van der Waals surface area contributed by atoms with Gasteiger partial charge in [-0.15, -0.1) is 0 Å². The number of benzene rings is 1. The molecule has 0 aliphatic heterocycles. The Morgan fingerprint density at radius 3 is 2.31 bits per heavy atom. The SMILES string of the molecule is CC(C)C1(C(C)C)CCc2cccc(Cl)c21. The van der Waals surface area contributed by atoms with Crippen LogP contribution in [0.15, 0.2) is 18.2 Å². The van der Waals surface area contributed by atoms with Gasteiger partial charge >= 0.3 is 0 Å². The van der Waals surface area contributed by atoms with Crippen molar-refractivity contribution in [3.63, 3.8) is 0 Å². The maximum atomic E-state index is 6.44. The molecule has 1 aromatic carbocycles. The van der Waals surface area contributed by atoms with Crippen LogP contribution >= 0.6 is 11.6 Å². The topological polar surface area (TPSA) is 0 Å². The van der Waals surface area contributed by atoms with Crippen LogP contribution in [0, 0.1) is 11.8 Å². The molecule has 0 atom stereocenters. The molecule has 0 fully saturated rings. The van der Waals surface area contributed by atoms with Crippen LogP contribution in [-0.2, 0) is 11.8 Å². The third-order valence-corrected chi connectivity index (χ3v) is 4.75. The predicted octanol–water partition coefficient (Wildman–Crippen LogP) is 4.84. The summed E-state index contributed by atoms with van der Waals surface area (Å²) in [6, 6.07) is 6.37. The van der Waals surface area contributed by atoms with Crippen molar-refractivity contribution in [3.8, 4) is 0 Å². The van der Waals surface area contributed by atoms with E-state index in [1.807, 2.05) is 6.07 Å². The molecule has 0 saturated carbocycles. The quantitative estimate of drug-likeness (QED) is 0.690. The second-order valence-corrected chi connectivity index (χ2v) is 6.03. The van der Waals surface area contributed by atoms with E-state index in [0.29, 0.717) is 11.8 Å². The van der Waals surface area contributed by atoms with Gasteiger partial charge in [-0.2, -0.15) is 0 Å². The predicted molar refractivity (Wildman–Crippen MR) is 71.1 cm³/mol. The molecule has 16 heavy (non-hydrogen) atoms. The summed E-state index contributed by atoms with van der Waals surface area (Å²) in [5, 5.41) is 0.970. The van der Waals surface area contributed by atoms with Crippen molar-refractivity contribution in [2.45, 2.75) is 46.0 Å². The first-order valence-corrected chi connectivity index (χ1v) is 6.65. The zero-order chi connectivity index (χ0) is 11.9. The van der Waals surface area contributed by atoms with E-state index in [4.69, 9.17) is 11.6 Å². The molecule has 1 aliphatic rings. The Kier molecular flexibility index (Phi) is 3.05. The first kappa shape index (κ1) is 12.0. The molecule has 0 spiro atoms. The molecule has 1 aliphatic carbocycles. The van der Waals surface area contributed by atoms with Crippen LogP contribution in [0.1, 0.15) is 45.2 Å². The Hall–Kier alpha value is -0.490. The van der Waals surface area contributed by atoms with Crippen molar-refractivity contribution >= 4 is 11.6 Å². The number of hydrogen-bond donors (Lipinski definition) is 0. The van der Waals surface area contributed by atoms with Crippen molar-refractivity contribution in [1.82, 2.24) is 0 Å². The van der Waals surface area contributed by atoms with Gasteiger partial charge in [-0.25, -0.2) is 0 Å². The third-order valence-electron chi connectivity index (χ3n) is 4.43. The summed E-state index contributed by atoms with van der Waals surface area (Å²) >= 11 is 6.44. The maximum absolute atomic E-state index is 6.44. The molecule has 0 N–H and O–H groups in total. The molecule has 0 radical (unpaired) electrons. The van der Waals surface area contributed by atoms with Crippen molar-refractivity contribution in [3.05, 3.63) is 34.3 Å². The summed E-state index contributed by atoms with van der Waals surface area (Å²) < 4.78 is 0. The number of aryl methyl sites for hydroxylation is 1. The van der Waals surface area contributed by atoms with E-state index >= 15 is 0 Å². The van der Waals surface area contributed by atoms with Gasteiger partial charge in [0, 0.05) is 10.4 Å². The lowest BCUT2D eigenvalue weighted by atomic mass is 9.65. The van der Waals surface area contributed by atoms with Crippen molar-refractivity contribution in [2.75, 3.05) is 0 Å². The first-order chi connectivity index (χ1) is 7.50. The number of fused-ring (bicyclic) bond motifs is 1. The molecule has 0 amide bonds. The summed E-state index contributed by atoms with van der Waals surface area (Å²) in [6.45, 7) is 9.33. The largest absolute Gasteiger partial charge is 0.0840 e. The molecule has 0 bridgehead atoms. The van der Waals surface area contributed by atoms with Crippen LogP contribution < -0.4 is 0 Å². The lowest BCUT2D eigenvalue weighted by Crippen LogP contribution is -2.35. The highest BCUT2D eigenvalue weighted by molar-refractivity contribution is 6.31. The van der Waals surface area contributed by atoms with Crippen LogP contribution in [0.4, 0.5) is 0 Å². The Morgan fingerprint density at radius 2 is 1.75 bits per heavy atom. The molecule has 88 valence electrons. The van der Waals surface area contributed by atoms with Gasteiger partial charge in [0.05, 0.1) is 0 Å². The van der Waals surface area contributed by atoms with E-state index < -0.39 is 0 Å². The second-order valence-electron chi connectivity index (χ2n) is 5.62. The Morgan fingerprint density at radius 1 is 1.12 bits per heavy atom. The monoisotopic (exact) mass is 236 g/mol. The molecule has 0 unspecified atom stereocenters. The van der Waals surface area contributed by atoms with Gasteiger partial charge in [0.2, 0.25) is 0 Å². The average Bonchev–Trinajstić information content (AvgIpc) is 2.59. The van der Waals surface area contributed by atoms with Crippen LogP contribution in [-0.4, -0.2) is 0 Å². The van der Waals surface area contributed by atoms with Crippen molar-refractivity contribution in [1.29, 1.82) is 0 Å². The van der Waals surface area contributed by atoms with Gasteiger partial charge < -0.3 is 0 Å². The van der Waals surface area contributed by atoms with E-state index in [0.717, 1.165) is 5.02 Å². The van der Waals surface area contributed by atoms with E-state index in [1.165, 1.54) is 24.0 Å². The fourth-order valence-electron chi connectivity index (χ4n) is 3.59. The van der Waals surface area contributed by atoms with E-state index in [9.17, 15) is 0 Å². The summed E-state index contributed by atoms with van der Waals surface area (Å²) in [6.07, 6.45) is 2.44. The molecule has 0 nitrogen and oxygen atoms in total. The van der Waals surface area contributed by atoms with Gasteiger partial charge in [0.25, 0.3) is 0 Å². The highest BCUT2D eigenvalue weighted by Gasteiger charge is 2.44. The van der Waals surface area contributed by atoms with Crippen LogP contribution in [0.25, 0.3) is 0 Å². The van der Waals surface area contributed by atoms with Gasteiger partial charge in [-0.05, 0) is 41.9 Å². The maximum Gasteiger partial charge on any atom is 0.0446 e. The number of hydrogen-bond acceptors (Lipinski definition) is 0. The lowest BCUT2D eigenvalue weighted by molar-refractivity contribution is 0.218. The molecular weight excluding hydrogens is 216 g/mol. The third kappa shape index (κ3) is 1.50. The Labute approximate surface area is 104 Å². The van der Waals surface area contributed by atoms with Gasteiger partial charge in [0.15, 0.2) is 0 Å². The van der Waals surface area contributed by atoms with E-state index in [2.05, 4.69) is 39.8 Å². The molecule has 0 aromatic heterocycles. The van der Waals surface area contributed by atoms with Gasteiger partial charge in [-0.3, -0.25) is 0 Å². The van der Waals surface area contributed by atoms with Crippen molar-refractivity contribution in [2.24, 2.45) is 11.8 Å². The number of rotatable bonds is 2. The van der Waals surface area contributed by atoms with E-state index in [1.54, 1.807) is 0 Å². The summed E-state index contributed by atoms with van der Waals surface area (Å²) in [5.74, 6) is 1.29. The standard InChI is InChI=1S/C15H21Cl/c1-10(2)15(11(3)4)9-8-12-6-5-7-13(16)14(12)15/h5-7,10-11H,8-9H2,1-4H3.